The minimum absolute atomic E-state index is 0.120. The molecular weight excluding hydrogens is 303 g/mol. The number of hydrogen-bond acceptors (Lipinski definition) is 3. The number of alkyl halides is 4. The number of carbonyl (C=O) groups excluding carboxylic acids is 1. The van der Waals surface area contributed by atoms with Crippen LogP contribution in [0.25, 0.3) is 0 Å². The second-order valence-electron chi connectivity index (χ2n) is 3.25. The Labute approximate surface area is 104 Å². The summed E-state index contributed by atoms with van der Waals surface area (Å²) < 4.78 is 42.0. The van der Waals surface area contributed by atoms with Gasteiger partial charge in [0.2, 0.25) is 0 Å². The molecule has 0 saturated heterocycles. The molecule has 1 rings (SSSR count). The van der Waals surface area contributed by atoms with E-state index in [1.807, 2.05) is 0 Å². The number of rotatable bonds is 3. The van der Waals surface area contributed by atoms with Crippen LogP contribution in [0.15, 0.2) is 12.3 Å². The molecule has 0 radical (unpaired) electrons. The fraction of sp³-hybridized carbons (Fsp3) is 0.400. The largest absolute Gasteiger partial charge is 0.494 e. The van der Waals surface area contributed by atoms with Crippen LogP contribution in [0.5, 0.6) is 5.75 Å². The summed E-state index contributed by atoms with van der Waals surface area (Å²) in [4.78, 5) is 14.6. The highest BCUT2D eigenvalue weighted by atomic mass is 79.9. The Morgan fingerprint density at radius 2 is 2.12 bits per heavy atom. The summed E-state index contributed by atoms with van der Waals surface area (Å²) in [5.41, 5.74) is -1.07. The molecule has 0 saturated carbocycles. The lowest BCUT2D eigenvalue weighted by molar-refractivity contribution is -0.137. The summed E-state index contributed by atoms with van der Waals surface area (Å²) in [5, 5.41) is 0. The topological polar surface area (TPSA) is 39.2 Å². The first-order valence-electron chi connectivity index (χ1n) is 4.57. The predicted molar refractivity (Wildman–Crippen MR) is 58.5 cm³/mol. The highest BCUT2D eigenvalue weighted by molar-refractivity contribution is 9.10. The third-order valence-electron chi connectivity index (χ3n) is 1.99. The number of aromatic nitrogens is 1. The monoisotopic (exact) mass is 311 g/mol. The van der Waals surface area contributed by atoms with E-state index in [2.05, 4.69) is 20.9 Å². The van der Waals surface area contributed by atoms with E-state index < -0.39 is 22.4 Å². The van der Waals surface area contributed by atoms with Crippen LogP contribution in [-0.2, 0) is 6.18 Å². The minimum Gasteiger partial charge on any atom is -0.494 e. The van der Waals surface area contributed by atoms with Gasteiger partial charge in [-0.1, -0.05) is 15.9 Å². The Kier molecular flexibility index (Phi) is 4.13. The Morgan fingerprint density at radius 3 is 2.53 bits per heavy atom. The van der Waals surface area contributed by atoms with Crippen LogP contribution >= 0.6 is 15.9 Å². The maximum atomic E-state index is 12.4. The SMILES string of the molecule is COc1cc(C(F)(F)F)cnc1C(=O)C(C)Br. The van der Waals surface area contributed by atoms with Gasteiger partial charge in [0.25, 0.3) is 0 Å². The highest BCUT2D eigenvalue weighted by Gasteiger charge is 2.32. The van der Waals surface area contributed by atoms with E-state index in [4.69, 9.17) is 4.74 Å². The predicted octanol–water partition coefficient (Wildman–Crippen LogP) is 3.08. The van der Waals surface area contributed by atoms with Crippen LogP contribution in [0.1, 0.15) is 23.0 Å². The smallest absolute Gasteiger partial charge is 0.418 e. The molecule has 0 aliphatic heterocycles. The lowest BCUT2D eigenvalue weighted by Gasteiger charge is -2.11. The standard InChI is InChI=1S/C10H9BrF3NO2/c1-5(11)9(16)8-7(17-2)3-6(4-15-8)10(12,13)14/h3-5H,1-2H3. The zero-order valence-electron chi connectivity index (χ0n) is 9.01. The van der Waals surface area contributed by atoms with E-state index in [9.17, 15) is 18.0 Å². The van der Waals surface area contributed by atoms with Crippen LogP contribution in [0.4, 0.5) is 13.2 Å². The molecular formula is C10H9BrF3NO2. The van der Waals surface area contributed by atoms with Crippen molar-refractivity contribution in [2.24, 2.45) is 0 Å². The van der Waals surface area contributed by atoms with Crippen LogP contribution in [0.2, 0.25) is 0 Å². The highest BCUT2D eigenvalue weighted by Crippen LogP contribution is 2.32. The normalized spacial score (nSPS) is 13.3. The second-order valence-corrected chi connectivity index (χ2v) is 4.63. The molecule has 1 heterocycles. The van der Waals surface area contributed by atoms with Gasteiger partial charge in [0.1, 0.15) is 11.4 Å². The average molecular weight is 312 g/mol. The molecule has 17 heavy (non-hydrogen) atoms. The first kappa shape index (κ1) is 14.0. The van der Waals surface area contributed by atoms with Gasteiger partial charge >= 0.3 is 6.18 Å². The van der Waals surface area contributed by atoms with Gasteiger partial charge in [-0.3, -0.25) is 4.79 Å². The van der Waals surface area contributed by atoms with Crippen molar-refractivity contribution in [2.75, 3.05) is 7.11 Å². The van der Waals surface area contributed by atoms with Crippen molar-refractivity contribution in [3.63, 3.8) is 0 Å². The first-order valence-corrected chi connectivity index (χ1v) is 5.48. The Morgan fingerprint density at radius 1 is 1.53 bits per heavy atom. The van der Waals surface area contributed by atoms with E-state index in [1.165, 1.54) is 7.11 Å². The van der Waals surface area contributed by atoms with Crippen molar-refractivity contribution in [2.45, 2.75) is 17.9 Å². The summed E-state index contributed by atoms with van der Waals surface area (Å²) in [6.07, 6.45) is -3.90. The molecule has 0 aliphatic rings. The average Bonchev–Trinajstić information content (AvgIpc) is 2.25. The molecule has 0 fully saturated rings. The van der Waals surface area contributed by atoms with E-state index in [-0.39, 0.29) is 11.4 Å². The van der Waals surface area contributed by atoms with Crippen LogP contribution in [-0.4, -0.2) is 22.7 Å². The van der Waals surface area contributed by atoms with Crippen LogP contribution in [0, 0.1) is 0 Å². The Balaban J connectivity index is 3.24. The second kappa shape index (κ2) is 5.03. The van der Waals surface area contributed by atoms with Gasteiger partial charge in [0.15, 0.2) is 5.78 Å². The lowest BCUT2D eigenvalue weighted by Crippen LogP contribution is -2.15. The summed E-state index contributed by atoms with van der Waals surface area (Å²) >= 11 is 3.03. The molecule has 94 valence electrons. The number of carbonyl (C=O) groups is 1. The molecule has 0 N–H and O–H groups in total. The third kappa shape index (κ3) is 3.18. The quantitative estimate of drug-likeness (QED) is 0.636. The summed E-state index contributed by atoms with van der Waals surface area (Å²) in [5.74, 6) is -0.619. The number of halogens is 4. The van der Waals surface area contributed by atoms with E-state index in [0.29, 0.717) is 6.20 Å². The van der Waals surface area contributed by atoms with Crippen molar-refractivity contribution in [3.05, 3.63) is 23.5 Å². The number of nitrogens with zero attached hydrogens (tertiary/aromatic N) is 1. The molecule has 7 heteroatoms. The van der Waals surface area contributed by atoms with Gasteiger partial charge in [0, 0.05) is 6.20 Å². The molecule has 1 aromatic heterocycles. The molecule has 0 spiro atoms. The molecule has 1 unspecified atom stereocenters. The molecule has 0 aromatic carbocycles. The minimum atomic E-state index is -4.51. The van der Waals surface area contributed by atoms with E-state index >= 15 is 0 Å². The first-order chi connectivity index (χ1) is 7.77. The molecule has 3 nitrogen and oxygen atoms in total. The Bertz CT molecular complexity index is 432. The Hall–Kier alpha value is -1.11. The molecule has 0 bridgehead atoms. The lowest BCUT2D eigenvalue weighted by atomic mass is 10.1. The molecule has 1 aromatic rings. The van der Waals surface area contributed by atoms with E-state index in [0.717, 1.165) is 6.07 Å². The maximum Gasteiger partial charge on any atom is 0.418 e. The fourth-order valence-electron chi connectivity index (χ4n) is 1.13. The molecule has 0 aliphatic carbocycles. The zero-order chi connectivity index (χ0) is 13.2. The molecule has 1 atom stereocenters. The van der Waals surface area contributed by atoms with Gasteiger partial charge in [0.05, 0.1) is 17.5 Å². The van der Waals surface area contributed by atoms with Crippen molar-refractivity contribution in [3.8, 4) is 5.75 Å². The summed E-state index contributed by atoms with van der Waals surface area (Å²) in [7, 11) is 1.19. The van der Waals surface area contributed by atoms with Crippen molar-refractivity contribution < 1.29 is 22.7 Å². The zero-order valence-corrected chi connectivity index (χ0v) is 10.6. The maximum absolute atomic E-state index is 12.4. The van der Waals surface area contributed by atoms with Gasteiger partial charge in [-0.15, -0.1) is 0 Å². The van der Waals surface area contributed by atoms with Gasteiger partial charge in [-0.25, -0.2) is 4.98 Å². The number of hydrogen-bond donors (Lipinski definition) is 0. The number of Topliss-reactive ketones (excluding diaryl/α,β-unsaturated/α-hetero) is 1. The fourth-order valence-corrected chi connectivity index (χ4v) is 1.35. The van der Waals surface area contributed by atoms with Crippen LogP contribution in [0.3, 0.4) is 0 Å². The number of ether oxygens (including phenoxy) is 1. The van der Waals surface area contributed by atoms with Crippen molar-refractivity contribution >= 4 is 21.7 Å². The molecule has 0 amide bonds. The number of ketones is 1. The summed E-state index contributed by atoms with van der Waals surface area (Å²) in [6, 6.07) is 0.760. The number of methoxy groups -OCH3 is 1. The third-order valence-corrected chi connectivity index (χ3v) is 2.41. The van der Waals surface area contributed by atoms with Crippen molar-refractivity contribution in [1.29, 1.82) is 0 Å². The van der Waals surface area contributed by atoms with Gasteiger partial charge in [-0.05, 0) is 13.0 Å². The summed E-state index contributed by atoms with van der Waals surface area (Å²) in [6.45, 7) is 1.56. The van der Waals surface area contributed by atoms with E-state index in [1.54, 1.807) is 6.92 Å². The number of pyridine rings is 1. The van der Waals surface area contributed by atoms with Gasteiger partial charge in [-0.2, -0.15) is 13.2 Å². The van der Waals surface area contributed by atoms with Crippen LogP contribution < -0.4 is 4.74 Å². The van der Waals surface area contributed by atoms with Gasteiger partial charge < -0.3 is 4.74 Å². The van der Waals surface area contributed by atoms with Crippen molar-refractivity contribution in [1.82, 2.24) is 4.98 Å².